The lowest BCUT2D eigenvalue weighted by molar-refractivity contribution is -0.0499. The topological polar surface area (TPSA) is 18.5 Å². The second-order valence-electron chi connectivity index (χ2n) is 10.4. The van der Waals surface area contributed by atoms with Crippen LogP contribution in [-0.4, -0.2) is 14.4 Å². The maximum absolute atomic E-state index is 6.57. The molecule has 0 saturated heterocycles. The van der Waals surface area contributed by atoms with Crippen LogP contribution >= 0.6 is 0 Å². The highest BCUT2D eigenvalue weighted by molar-refractivity contribution is 6.74. The van der Waals surface area contributed by atoms with Gasteiger partial charge in [-0.1, -0.05) is 41.5 Å². The lowest BCUT2D eigenvalue weighted by Gasteiger charge is -2.41. The Hall–Kier alpha value is -0.443. The number of rotatable bonds is 4. The third-order valence-electron chi connectivity index (χ3n) is 7.53. The molecule has 23 heavy (non-hydrogen) atoms. The van der Waals surface area contributed by atoms with E-state index in [0.717, 1.165) is 11.9 Å². The Balaban J connectivity index is 2.19. The van der Waals surface area contributed by atoms with Crippen molar-refractivity contribution >= 4 is 8.32 Å². The van der Waals surface area contributed by atoms with Crippen LogP contribution in [0, 0.1) is 16.7 Å². The fraction of sp³-hybridized carbons (Fsp3) is 0.900. The molecule has 0 amide bonds. The minimum atomic E-state index is -1.87. The SMILES string of the molecule is CC(C)=C(OC1CC2CCC1(C)C2(C)C)O[Si](C)(C)C(C)(C)C. The molecule has 0 N–H and O–H groups in total. The van der Waals surface area contributed by atoms with E-state index in [1.54, 1.807) is 0 Å². The van der Waals surface area contributed by atoms with Gasteiger partial charge in [0.15, 0.2) is 0 Å². The van der Waals surface area contributed by atoms with E-state index in [1.807, 2.05) is 0 Å². The molecule has 2 nitrogen and oxygen atoms in total. The molecular weight excluding hydrogens is 300 g/mol. The van der Waals surface area contributed by atoms with Crippen LogP contribution < -0.4 is 0 Å². The summed E-state index contributed by atoms with van der Waals surface area (Å²) in [6.07, 6.45) is 4.12. The van der Waals surface area contributed by atoms with Crippen molar-refractivity contribution in [3.05, 3.63) is 11.5 Å². The second kappa shape index (κ2) is 5.54. The van der Waals surface area contributed by atoms with Crippen LogP contribution in [0.15, 0.2) is 11.5 Å². The van der Waals surface area contributed by atoms with Gasteiger partial charge in [-0.15, -0.1) is 0 Å². The lowest BCUT2D eigenvalue weighted by Crippen LogP contribution is -2.42. The number of hydrogen-bond acceptors (Lipinski definition) is 2. The highest BCUT2D eigenvalue weighted by atomic mass is 28.4. The summed E-state index contributed by atoms with van der Waals surface area (Å²) < 4.78 is 13.1. The van der Waals surface area contributed by atoms with E-state index >= 15 is 0 Å². The molecule has 0 radical (unpaired) electrons. The highest BCUT2D eigenvalue weighted by Gasteiger charge is 2.62. The van der Waals surface area contributed by atoms with Crippen molar-refractivity contribution in [3.8, 4) is 0 Å². The van der Waals surface area contributed by atoms with Gasteiger partial charge in [0.25, 0.3) is 14.3 Å². The van der Waals surface area contributed by atoms with Crippen LogP contribution in [0.2, 0.25) is 18.1 Å². The van der Waals surface area contributed by atoms with Crippen molar-refractivity contribution in [3.63, 3.8) is 0 Å². The Morgan fingerprint density at radius 2 is 1.65 bits per heavy atom. The Bertz CT molecular complexity index is 494. The van der Waals surface area contributed by atoms with E-state index < -0.39 is 8.32 Å². The molecule has 2 aliphatic carbocycles. The summed E-state index contributed by atoms with van der Waals surface area (Å²) in [5, 5.41) is 0.189. The molecule has 0 aromatic heterocycles. The summed E-state index contributed by atoms with van der Waals surface area (Å²) in [7, 11) is -1.87. The standard InChI is InChI=1S/C20H38O2Si/c1-14(2)17(22-23(9,10)18(3,4)5)21-16-13-15-11-12-20(16,8)19(15,6)7/h15-16H,11-13H2,1-10H3. The van der Waals surface area contributed by atoms with E-state index in [2.05, 4.69) is 68.5 Å². The summed E-state index contributed by atoms with van der Waals surface area (Å²) in [5.74, 6) is 1.61. The van der Waals surface area contributed by atoms with Gasteiger partial charge in [-0.2, -0.15) is 0 Å². The zero-order chi connectivity index (χ0) is 17.8. The molecule has 2 fully saturated rings. The molecular formula is C20H38O2Si. The summed E-state index contributed by atoms with van der Waals surface area (Å²) in [5.41, 5.74) is 1.82. The van der Waals surface area contributed by atoms with Gasteiger partial charge in [0, 0.05) is 11.0 Å². The van der Waals surface area contributed by atoms with Crippen molar-refractivity contribution in [2.75, 3.05) is 0 Å². The van der Waals surface area contributed by atoms with Crippen LogP contribution in [0.25, 0.3) is 0 Å². The van der Waals surface area contributed by atoms with Gasteiger partial charge in [0.1, 0.15) is 6.10 Å². The molecule has 2 saturated carbocycles. The normalized spacial score (nSPS) is 32.8. The molecule has 0 spiro atoms. The zero-order valence-corrected chi connectivity index (χ0v) is 18.1. The van der Waals surface area contributed by atoms with Crippen molar-refractivity contribution in [2.45, 2.75) is 98.9 Å². The van der Waals surface area contributed by atoms with Crippen LogP contribution in [-0.2, 0) is 9.16 Å². The highest BCUT2D eigenvalue weighted by Crippen LogP contribution is 2.66. The molecule has 2 aliphatic rings. The minimum Gasteiger partial charge on any atom is -0.519 e. The van der Waals surface area contributed by atoms with Crippen LogP contribution in [0.5, 0.6) is 0 Å². The van der Waals surface area contributed by atoms with Crippen molar-refractivity contribution < 1.29 is 9.16 Å². The second-order valence-corrected chi connectivity index (χ2v) is 15.1. The minimum absolute atomic E-state index is 0.189. The van der Waals surface area contributed by atoms with E-state index in [9.17, 15) is 0 Å². The van der Waals surface area contributed by atoms with Gasteiger partial charge in [-0.3, -0.25) is 0 Å². The molecule has 0 aromatic rings. The first-order chi connectivity index (χ1) is 10.2. The smallest absolute Gasteiger partial charge is 0.264 e. The first-order valence-corrected chi connectivity index (χ1v) is 12.2. The van der Waals surface area contributed by atoms with Gasteiger partial charge < -0.3 is 9.16 Å². The van der Waals surface area contributed by atoms with Crippen molar-refractivity contribution in [2.24, 2.45) is 16.7 Å². The number of allylic oxidation sites excluding steroid dienone is 1. The Labute approximate surface area is 145 Å². The Morgan fingerprint density at radius 3 is 2.00 bits per heavy atom. The fourth-order valence-corrected chi connectivity index (χ4v) is 5.09. The first-order valence-electron chi connectivity index (χ1n) is 9.25. The molecule has 134 valence electrons. The van der Waals surface area contributed by atoms with Gasteiger partial charge in [-0.05, 0) is 62.6 Å². The molecule has 3 atom stereocenters. The van der Waals surface area contributed by atoms with Crippen molar-refractivity contribution in [1.82, 2.24) is 0 Å². The van der Waals surface area contributed by atoms with Crippen LogP contribution in [0.4, 0.5) is 0 Å². The van der Waals surface area contributed by atoms with Gasteiger partial charge in [0.05, 0.1) is 0 Å². The predicted molar refractivity (Wildman–Crippen MR) is 101 cm³/mol. The molecule has 2 bridgehead atoms. The monoisotopic (exact) mass is 338 g/mol. The quantitative estimate of drug-likeness (QED) is 0.431. The lowest BCUT2D eigenvalue weighted by atomic mass is 9.70. The summed E-state index contributed by atoms with van der Waals surface area (Å²) in [6.45, 7) is 23.0. The van der Waals surface area contributed by atoms with Gasteiger partial charge >= 0.3 is 0 Å². The Morgan fingerprint density at radius 1 is 1.09 bits per heavy atom. The average molecular weight is 339 g/mol. The number of hydrogen-bond donors (Lipinski definition) is 0. The zero-order valence-electron chi connectivity index (χ0n) is 17.1. The van der Waals surface area contributed by atoms with Crippen molar-refractivity contribution in [1.29, 1.82) is 0 Å². The summed E-state index contributed by atoms with van der Waals surface area (Å²) in [6, 6.07) is 0. The molecule has 3 unspecified atom stereocenters. The van der Waals surface area contributed by atoms with E-state index in [-0.39, 0.29) is 10.5 Å². The molecule has 0 aromatic carbocycles. The largest absolute Gasteiger partial charge is 0.519 e. The van der Waals surface area contributed by atoms with Crippen LogP contribution in [0.1, 0.15) is 74.7 Å². The third-order valence-corrected chi connectivity index (χ3v) is 11.8. The first kappa shape index (κ1) is 18.9. The van der Waals surface area contributed by atoms with E-state index in [1.165, 1.54) is 24.8 Å². The maximum Gasteiger partial charge on any atom is 0.264 e. The van der Waals surface area contributed by atoms with Gasteiger partial charge in [0.2, 0.25) is 0 Å². The molecule has 0 aliphatic heterocycles. The molecule has 0 heterocycles. The summed E-state index contributed by atoms with van der Waals surface area (Å²) >= 11 is 0. The van der Waals surface area contributed by atoms with Crippen LogP contribution in [0.3, 0.4) is 0 Å². The van der Waals surface area contributed by atoms with Gasteiger partial charge in [-0.25, -0.2) is 0 Å². The molecule has 3 heteroatoms. The summed E-state index contributed by atoms with van der Waals surface area (Å²) in [4.78, 5) is 0. The van der Waals surface area contributed by atoms with E-state index in [4.69, 9.17) is 9.16 Å². The number of ether oxygens (including phenoxy) is 1. The third kappa shape index (κ3) is 2.98. The number of fused-ring (bicyclic) bond motifs is 2. The molecule has 2 rings (SSSR count). The Kier molecular flexibility index (Phi) is 4.55. The fourth-order valence-electron chi connectivity index (χ4n) is 4.07. The van der Waals surface area contributed by atoms with E-state index in [0.29, 0.717) is 11.5 Å². The predicted octanol–water partition coefficient (Wildman–Crippen LogP) is 6.49. The maximum atomic E-state index is 6.57. The average Bonchev–Trinajstić information content (AvgIpc) is 2.69.